The van der Waals surface area contributed by atoms with Crippen molar-refractivity contribution in [3.05, 3.63) is 53.0 Å². The number of halogens is 1. The highest BCUT2D eigenvalue weighted by atomic mass is 32.2. The second-order valence-electron chi connectivity index (χ2n) is 6.93. The fourth-order valence-electron chi connectivity index (χ4n) is 3.43. The topological polar surface area (TPSA) is 76.3 Å². The number of sulfonamides is 1. The smallest absolute Gasteiger partial charge is 0.252 e. The quantitative estimate of drug-likeness (QED) is 0.625. The molecule has 1 fully saturated rings. The van der Waals surface area contributed by atoms with Crippen LogP contribution in [0.4, 0.5) is 4.39 Å². The average molecular weight is 422 g/mol. The second-order valence-corrected chi connectivity index (χ2v) is 10.4. The summed E-state index contributed by atoms with van der Waals surface area (Å²) in [7, 11) is -3.47. The Morgan fingerprint density at radius 3 is 2.86 bits per heavy atom. The fourth-order valence-corrected chi connectivity index (χ4v) is 6.42. The van der Waals surface area contributed by atoms with E-state index in [9.17, 15) is 12.8 Å². The van der Waals surface area contributed by atoms with Crippen molar-refractivity contribution >= 4 is 21.4 Å². The predicted octanol–water partition coefficient (Wildman–Crippen LogP) is 3.89. The molecule has 0 spiro atoms. The monoisotopic (exact) mass is 421 g/mol. The number of hydrogen-bond acceptors (Lipinski definition) is 6. The number of benzene rings is 1. The highest BCUT2D eigenvalue weighted by Gasteiger charge is 2.32. The van der Waals surface area contributed by atoms with Crippen molar-refractivity contribution in [1.29, 1.82) is 0 Å². The standard InChI is InChI=1S/C19H20FN3O3S2/c1-13-8-9-18(27-13)28(24,25)23-10-4-5-14(12-23)11-17-21-19(22-26-17)15-6-2-3-7-16(15)20/h2-3,6-9,14H,4-5,10-12H2,1H3. The summed E-state index contributed by atoms with van der Waals surface area (Å²) in [6, 6.07) is 9.75. The van der Waals surface area contributed by atoms with Crippen molar-refractivity contribution in [2.75, 3.05) is 13.1 Å². The molecule has 1 unspecified atom stereocenters. The maximum atomic E-state index is 13.9. The van der Waals surface area contributed by atoms with Crippen LogP contribution in [0.15, 0.2) is 45.1 Å². The van der Waals surface area contributed by atoms with Gasteiger partial charge in [0.1, 0.15) is 10.0 Å². The lowest BCUT2D eigenvalue weighted by Crippen LogP contribution is -2.40. The molecule has 28 heavy (non-hydrogen) atoms. The van der Waals surface area contributed by atoms with Crippen LogP contribution in [0.5, 0.6) is 0 Å². The fraction of sp³-hybridized carbons (Fsp3) is 0.368. The van der Waals surface area contributed by atoms with Crippen molar-refractivity contribution < 1.29 is 17.3 Å². The van der Waals surface area contributed by atoms with Crippen LogP contribution < -0.4 is 0 Å². The summed E-state index contributed by atoms with van der Waals surface area (Å²) in [6.07, 6.45) is 2.13. The van der Waals surface area contributed by atoms with Crippen LogP contribution >= 0.6 is 11.3 Å². The van der Waals surface area contributed by atoms with Gasteiger partial charge in [-0.15, -0.1) is 11.3 Å². The molecule has 6 nitrogen and oxygen atoms in total. The molecule has 9 heteroatoms. The molecule has 0 radical (unpaired) electrons. The Morgan fingerprint density at radius 1 is 1.29 bits per heavy atom. The minimum absolute atomic E-state index is 0.0819. The zero-order valence-electron chi connectivity index (χ0n) is 15.3. The summed E-state index contributed by atoms with van der Waals surface area (Å²) in [5.74, 6) is 0.284. The lowest BCUT2D eigenvalue weighted by Gasteiger charge is -2.30. The van der Waals surface area contributed by atoms with E-state index in [0.717, 1.165) is 17.7 Å². The molecular formula is C19H20FN3O3S2. The van der Waals surface area contributed by atoms with E-state index in [4.69, 9.17) is 4.52 Å². The van der Waals surface area contributed by atoms with Gasteiger partial charge in [0.05, 0.1) is 5.56 Å². The highest BCUT2D eigenvalue weighted by molar-refractivity contribution is 7.91. The van der Waals surface area contributed by atoms with E-state index in [1.54, 1.807) is 28.6 Å². The van der Waals surface area contributed by atoms with Crippen molar-refractivity contribution in [3.63, 3.8) is 0 Å². The highest BCUT2D eigenvalue weighted by Crippen LogP contribution is 2.29. The number of piperidine rings is 1. The first-order valence-corrected chi connectivity index (χ1v) is 11.3. The predicted molar refractivity (Wildman–Crippen MR) is 104 cm³/mol. The molecule has 4 rings (SSSR count). The third kappa shape index (κ3) is 3.87. The molecular weight excluding hydrogens is 401 g/mol. The van der Waals surface area contributed by atoms with E-state index in [2.05, 4.69) is 10.1 Å². The first-order chi connectivity index (χ1) is 13.4. The number of thiophene rings is 1. The van der Waals surface area contributed by atoms with E-state index in [0.29, 0.717) is 35.2 Å². The van der Waals surface area contributed by atoms with Gasteiger partial charge in [-0.3, -0.25) is 0 Å². The van der Waals surface area contributed by atoms with Gasteiger partial charge in [0, 0.05) is 24.4 Å². The number of aryl methyl sites for hydroxylation is 1. The Labute approximate surface area is 167 Å². The lowest BCUT2D eigenvalue weighted by atomic mass is 9.96. The third-order valence-corrected chi connectivity index (χ3v) is 8.17. The summed E-state index contributed by atoms with van der Waals surface area (Å²) in [5.41, 5.74) is 0.290. The second kappa shape index (κ2) is 7.73. The zero-order chi connectivity index (χ0) is 19.7. The first kappa shape index (κ1) is 19.2. The van der Waals surface area contributed by atoms with E-state index in [1.165, 1.54) is 17.4 Å². The summed E-state index contributed by atoms with van der Waals surface area (Å²) in [4.78, 5) is 5.27. The Morgan fingerprint density at radius 2 is 2.11 bits per heavy atom. The summed E-state index contributed by atoms with van der Waals surface area (Å²) in [6.45, 7) is 2.82. The number of nitrogens with zero attached hydrogens (tertiary/aromatic N) is 3. The molecule has 0 N–H and O–H groups in total. The Bertz CT molecular complexity index is 1080. The van der Waals surface area contributed by atoms with Gasteiger partial charge < -0.3 is 4.52 Å². The van der Waals surface area contributed by atoms with Gasteiger partial charge in [-0.1, -0.05) is 17.3 Å². The maximum absolute atomic E-state index is 13.9. The molecule has 0 aliphatic carbocycles. The van der Waals surface area contributed by atoms with Gasteiger partial charge in [0.25, 0.3) is 10.0 Å². The molecule has 148 valence electrons. The molecule has 0 saturated carbocycles. The molecule has 3 heterocycles. The van der Waals surface area contributed by atoms with Gasteiger partial charge >= 0.3 is 0 Å². The summed E-state index contributed by atoms with van der Waals surface area (Å²) in [5, 5.41) is 3.87. The third-order valence-electron chi connectivity index (χ3n) is 4.84. The lowest BCUT2D eigenvalue weighted by molar-refractivity contribution is 0.247. The van der Waals surface area contributed by atoms with Crippen LogP contribution in [-0.4, -0.2) is 36.0 Å². The minimum Gasteiger partial charge on any atom is -0.339 e. The zero-order valence-corrected chi connectivity index (χ0v) is 17.0. The van der Waals surface area contributed by atoms with Gasteiger partial charge in [0.2, 0.25) is 11.7 Å². The van der Waals surface area contributed by atoms with Gasteiger partial charge in [-0.2, -0.15) is 9.29 Å². The molecule has 1 atom stereocenters. The van der Waals surface area contributed by atoms with Crippen molar-refractivity contribution in [3.8, 4) is 11.4 Å². The SMILES string of the molecule is Cc1ccc(S(=O)(=O)N2CCCC(Cc3nc(-c4ccccc4F)no3)C2)s1. The molecule has 1 aliphatic heterocycles. The van der Waals surface area contributed by atoms with Crippen molar-refractivity contribution in [2.45, 2.75) is 30.4 Å². The van der Waals surface area contributed by atoms with Crippen molar-refractivity contribution in [2.24, 2.45) is 5.92 Å². The van der Waals surface area contributed by atoms with Gasteiger partial charge in [0.15, 0.2) is 0 Å². The van der Waals surface area contributed by atoms with Crippen LogP contribution in [0.25, 0.3) is 11.4 Å². The van der Waals surface area contributed by atoms with E-state index in [-0.39, 0.29) is 11.7 Å². The average Bonchev–Trinajstić information content (AvgIpc) is 3.32. The molecule has 0 amide bonds. The molecule has 3 aromatic rings. The van der Waals surface area contributed by atoms with Crippen LogP contribution in [0.2, 0.25) is 0 Å². The summed E-state index contributed by atoms with van der Waals surface area (Å²) < 4.78 is 46.8. The van der Waals surface area contributed by atoms with Gasteiger partial charge in [-0.05, 0) is 49.9 Å². The Balaban J connectivity index is 1.47. The Kier molecular flexibility index (Phi) is 5.31. The first-order valence-electron chi connectivity index (χ1n) is 9.07. The molecule has 1 aromatic carbocycles. The van der Waals surface area contributed by atoms with Crippen LogP contribution in [0.1, 0.15) is 23.6 Å². The minimum atomic E-state index is -3.47. The Hall–Kier alpha value is -2.10. The largest absolute Gasteiger partial charge is 0.339 e. The molecule has 1 saturated heterocycles. The summed E-state index contributed by atoms with van der Waals surface area (Å²) >= 11 is 1.29. The maximum Gasteiger partial charge on any atom is 0.252 e. The van der Waals surface area contributed by atoms with E-state index >= 15 is 0 Å². The van der Waals surface area contributed by atoms with Gasteiger partial charge in [-0.25, -0.2) is 12.8 Å². The van der Waals surface area contributed by atoms with Crippen LogP contribution in [0.3, 0.4) is 0 Å². The van der Waals surface area contributed by atoms with Crippen LogP contribution in [-0.2, 0) is 16.4 Å². The van der Waals surface area contributed by atoms with Crippen molar-refractivity contribution in [1.82, 2.24) is 14.4 Å². The molecule has 2 aromatic heterocycles. The number of hydrogen-bond donors (Lipinski definition) is 0. The number of rotatable bonds is 5. The molecule has 1 aliphatic rings. The van der Waals surface area contributed by atoms with E-state index in [1.807, 2.05) is 13.0 Å². The molecule has 0 bridgehead atoms. The van der Waals surface area contributed by atoms with Crippen LogP contribution in [0, 0.1) is 18.7 Å². The van der Waals surface area contributed by atoms with E-state index < -0.39 is 15.8 Å². The number of aromatic nitrogens is 2. The normalized spacial score (nSPS) is 18.4.